The molecule has 2 aromatic heterocycles. The van der Waals surface area contributed by atoms with Crippen LogP contribution in [0.3, 0.4) is 0 Å². The van der Waals surface area contributed by atoms with Gasteiger partial charge in [-0.1, -0.05) is 12.1 Å². The molecule has 1 unspecified atom stereocenters. The van der Waals surface area contributed by atoms with Gasteiger partial charge in [0.15, 0.2) is 0 Å². The van der Waals surface area contributed by atoms with Crippen molar-refractivity contribution in [2.75, 3.05) is 19.0 Å². The third-order valence-corrected chi connectivity index (χ3v) is 6.98. The van der Waals surface area contributed by atoms with E-state index < -0.39 is 23.6 Å². The largest absolute Gasteiger partial charge is 0.377 e. The lowest BCUT2D eigenvalue weighted by atomic mass is 10.1. The van der Waals surface area contributed by atoms with Crippen molar-refractivity contribution in [3.05, 3.63) is 55.8 Å². The summed E-state index contributed by atoms with van der Waals surface area (Å²) in [6, 6.07) is 4.29. The second-order valence-electron chi connectivity index (χ2n) is 8.63. The predicted octanol–water partition coefficient (Wildman–Crippen LogP) is 1.62. The molecule has 11 heteroatoms. The fourth-order valence-corrected chi connectivity index (χ4v) is 5.08. The first-order valence-electron chi connectivity index (χ1n) is 11.0. The predicted molar refractivity (Wildman–Crippen MR) is 132 cm³/mol. The maximum Gasteiger partial charge on any atom is 0.292 e. The Hall–Kier alpha value is -3.86. The summed E-state index contributed by atoms with van der Waals surface area (Å²) >= 11 is 1.24. The number of nitrogens with zero attached hydrogens (tertiary/aromatic N) is 3. The minimum Gasteiger partial charge on any atom is -0.377 e. The Labute approximate surface area is 205 Å². The maximum absolute atomic E-state index is 13.2. The molecule has 3 aromatic rings. The van der Waals surface area contributed by atoms with Crippen molar-refractivity contribution in [2.45, 2.75) is 39.3 Å². The number of ketones is 1. The van der Waals surface area contributed by atoms with Gasteiger partial charge in [0.2, 0.25) is 17.6 Å². The molecule has 1 aromatic carbocycles. The van der Waals surface area contributed by atoms with Crippen LogP contribution in [-0.2, 0) is 20.9 Å². The van der Waals surface area contributed by atoms with E-state index in [-0.39, 0.29) is 36.4 Å². The van der Waals surface area contributed by atoms with E-state index in [4.69, 9.17) is 0 Å². The molecule has 2 N–H and O–H groups in total. The van der Waals surface area contributed by atoms with Crippen LogP contribution in [0, 0.1) is 13.8 Å². The molecular formula is C24H25N5O5S. The number of carbonyl (C=O) groups is 4. The molecule has 3 heterocycles. The number of hydrogen-bond acceptors (Lipinski definition) is 8. The number of piperidine rings is 1. The number of amides is 3. The molecular weight excluding hydrogens is 470 g/mol. The summed E-state index contributed by atoms with van der Waals surface area (Å²) in [4.78, 5) is 69.2. The lowest BCUT2D eigenvalue weighted by Gasteiger charge is -2.24. The summed E-state index contributed by atoms with van der Waals surface area (Å²) in [5, 5.41) is 6.82. The van der Waals surface area contributed by atoms with Gasteiger partial charge in [-0.2, -0.15) is 0 Å². The Bertz CT molecular complexity index is 1440. The zero-order valence-electron chi connectivity index (χ0n) is 19.8. The van der Waals surface area contributed by atoms with Crippen molar-refractivity contribution < 1.29 is 19.2 Å². The first-order valence-corrected chi connectivity index (χ1v) is 11.9. The molecule has 3 amide bonds. The van der Waals surface area contributed by atoms with Gasteiger partial charge in [-0.3, -0.25) is 33.9 Å². The summed E-state index contributed by atoms with van der Waals surface area (Å²) in [5.74, 6) is -1.97. The normalized spacial score (nSPS) is 15.7. The molecule has 1 saturated heterocycles. The number of carbonyl (C=O) groups excluding carboxylic acids is 4. The molecule has 0 spiro atoms. The maximum atomic E-state index is 13.2. The van der Waals surface area contributed by atoms with E-state index in [2.05, 4.69) is 15.6 Å². The minimum absolute atomic E-state index is 0.0272. The van der Waals surface area contributed by atoms with Crippen molar-refractivity contribution >= 4 is 51.4 Å². The Morgan fingerprint density at radius 3 is 2.66 bits per heavy atom. The number of benzene rings is 1. The number of fused-ring (bicyclic) bond motifs is 1. The molecule has 0 bridgehead atoms. The highest BCUT2D eigenvalue weighted by Crippen LogP contribution is 2.25. The summed E-state index contributed by atoms with van der Waals surface area (Å²) in [6.07, 6.45) is 0.370. The Kier molecular flexibility index (Phi) is 6.53. The second kappa shape index (κ2) is 9.41. The van der Waals surface area contributed by atoms with E-state index in [9.17, 15) is 24.0 Å². The zero-order chi connectivity index (χ0) is 25.4. The first kappa shape index (κ1) is 24.3. The average Bonchev–Trinajstić information content (AvgIpc) is 3.21. The topological polar surface area (TPSA) is 130 Å². The SMILES string of the molecule is Cc1ccc(C(=O)C(=O)NCc2scc3c(=O)n(C4CCC(=O)NC4=O)c(C)nc23)cc1N(C)C. The van der Waals surface area contributed by atoms with Gasteiger partial charge in [-0.05, 0) is 31.9 Å². The second-order valence-corrected chi connectivity index (χ2v) is 9.59. The molecule has 182 valence electrons. The van der Waals surface area contributed by atoms with Gasteiger partial charge in [0, 0.05) is 37.1 Å². The summed E-state index contributed by atoms with van der Waals surface area (Å²) in [6.45, 7) is 3.57. The van der Waals surface area contributed by atoms with Crippen LogP contribution in [0.1, 0.15) is 45.5 Å². The molecule has 1 atom stereocenters. The van der Waals surface area contributed by atoms with Gasteiger partial charge < -0.3 is 10.2 Å². The van der Waals surface area contributed by atoms with Crippen molar-refractivity contribution in [3.63, 3.8) is 0 Å². The fraction of sp³-hybridized carbons (Fsp3) is 0.333. The number of anilines is 1. The van der Waals surface area contributed by atoms with Crippen LogP contribution >= 0.6 is 11.3 Å². The summed E-state index contributed by atoms with van der Waals surface area (Å²) in [7, 11) is 3.73. The molecule has 1 aliphatic heterocycles. The monoisotopic (exact) mass is 495 g/mol. The van der Waals surface area contributed by atoms with E-state index in [0.29, 0.717) is 21.6 Å². The summed E-state index contributed by atoms with van der Waals surface area (Å²) < 4.78 is 1.31. The Morgan fingerprint density at radius 1 is 1.23 bits per heavy atom. The molecule has 1 aliphatic rings. The average molecular weight is 496 g/mol. The smallest absolute Gasteiger partial charge is 0.292 e. The van der Waals surface area contributed by atoms with E-state index in [0.717, 1.165) is 11.3 Å². The lowest BCUT2D eigenvalue weighted by molar-refractivity contribution is -0.135. The van der Waals surface area contributed by atoms with Crippen molar-refractivity contribution in [1.29, 1.82) is 0 Å². The van der Waals surface area contributed by atoms with Gasteiger partial charge in [0.1, 0.15) is 11.9 Å². The number of Topliss-reactive ketones (excluding diaryl/α,β-unsaturated/α-hetero) is 1. The van der Waals surface area contributed by atoms with E-state index in [1.54, 1.807) is 30.5 Å². The van der Waals surface area contributed by atoms with E-state index >= 15 is 0 Å². The highest BCUT2D eigenvalue weighted by molar-refractivity contribution is 7.11. The van der Waals surface area contributed by atoms with Gasteiger partial charge in [0.25, 0.3) is 11.5 Å². The zero-order valence-corrected chi connectivity index (χ0v) is 20.6. The number of rotatable bonds is 6. The molecule has 0 radical (unpaired) electrons. The van der Waals surface area contributed by atoms with Crippen LogP contribution in [-0.4, -0.2) is 47.2 Å². The van der Waals surface area contributed by atoms with Crippen molar-refractivity contribution in [3.8, 4) is 0 Å². The third kappa shape index (κ3) is 4.59. The Balaban J connectivity index is 1.55. The van der Waals surface area contributed by atoms with Gasteiger partial charge in [0.05, 0.1) is 22.3 Å². The highest BCUT2D eigenvalue weighted by Gasteiger charge is 2.31. The number of thiophene rings is 1. The quantitative estimate of drug-likeness (QED) is 0.302. The van der Waals surface area contributed by atoms with Gasteiger partial charge >= 0.3 is 0 Å². The van der Waals surface area contributed by atoms with Crippen LogP contribution in [0.5, 0.6) is 0 Å². The fourth-order valence-electron chi connectivity index (χ4n) is 4.18. The number of hydrogen-bond donors (Lipinski definition) is 2. The third-order valence-electron chi connectivity index (χ3n) is 6.00. The summed E-state index contributed by atoms with van der Waals surface area (Å²) in [5.41, 5.74) is 2.15. The standard InChI is InChI=1S/C24H25N5O5S/c1-12-5-6-14(9-17(12)28(3)4)21(31)23(33)25-10-18-20-15(11-35-18)24(34)29(13(2)26-20)16-7-8-19(30)27-22(16)32/h5-6,9,11,16H,7-8,10H2,1-4H3,(H,25,33)(H,27,30,32). The number of nitrogens with one attached hydrogen (secondary N) is 2. The molecule has 35 heavy (non-hydrogen) atoms. The van der Waals surface area contributed by atoms with Crippen LogP contribution in [0.15, 0.2) is 28.4 Å². The highest BCUT2D eigenvalue weighted by atomic mass is 32.1. The van der Waals surface area contributed by atoms with Crippen LogP contribution in [0.25, 0.3) is 10.9 Å². The Morgan fingerprint density at radius 2 is 1.97 bits per heavy atom. The van der Waals surface area contributed by atoms with Crippen LogP contribution in [0.4, 0.5) is 5.69 Å². The first-order chi connectivity index (χ1) is 16.6. The molecule has 4 rings (SSSR count). The number of aromatic nitrogens is 2. The molecule has 0 aliphatic carbocycles. The van der Waals surface area contributed by atoms with E-state index in [1.807, 2.05) is 25.9 Å². The number of imide groups is 1. The van der Waals surface area contributed by atoms with Crippen LogP contribution in [0.2, 0.25) is 0 Å². The van der Waals surface area contributed by atoms with Crippen LogP contribution < -0.4 is 21.1 Å². The van der Waals surface area contributed by atoms with Gasteiger partial charge in [-0.25, -0.2) is 4.98 Å². The molecule has 0 saturated carbocycles. The van der Waals surface area contributed by atoms with E-state index in [1.165, 1.54) is 15.9 Å². The van der Waals surface area contributed by atoms with Crippen molar-refractivity contribution in [1.82, 2.24) is 20.2 Å². The van der Waals surface area contributed by atoms with Crippen molar-refractivity contribution in [2.24, 2.45) is 0 Å². The number of aryl methyl sites for hydroxylation is 2. The minimum atomic E-state index is -0.806. The molecule has 10 nitrogen and oxygen atoms in total. The molecule has 1 fully saturated rings. The lowest BCUT2D eigenvalue weighted by Crippen LogP contribution is -2.45. The van der Waals surface area contributed by atoms with Gasteiger partial charge in [-0.15, -0.1) is 11.3 Å².